The topological polar surface area (TPSA) is 215 Å². The molecule has 2 aromatic heterocycles. The van der Waals surface area contributed by atoms with Gasteiger partial charge >= 0.3 is 5.97 Å². The Morgan fingerprint density at radius 2 is 1.55 bits per heavy atom. The number of hydrogen-bond acceptors (Lipinski definition) is 7. The second kappa shape index (κ2) is 13.5. The number of hydrogen-bond donors (Lipinski definition) is 8. The second-order valence-corrected chi connectivity index (χ2v) is 10.0. The van der Waals surface area contributed by atoms with E-state index in [9.17, 15) is 29.4 Å². The van der Waals surface area contributed by atoms with Crippen molar-refractivity contribution in [3.63, 3.8) is 0 Å². The van der Waals surface area contributed by atoms with Gasteiger partial charge in [0.05, 0.1) is 12.4 Å². The molecule has 0 fully saturated rings. The lowest BCUT2D eigenvalue weighted by molar-refractivity contribution is -0.141. The van der Waals surface area contributed by atoms with Crippen molar-refractivity contribution in [2.75, 3.05) is 0 Å². The van der Waals surface area contributed by atoms with Crippen molar-refractivity contribution in [3.8, 4) is 5.75 Å². The van der Waals surface area contributed by atoms with Crippen LogP contribution in [0.1, 0.15) is 23.7 Å². The van der Waals surface area contributed by atoms with Crippen LogP contribution in [0.3, 0.4) is 0 Å². The van der Waals surface area contributed by atoms with Gasteiger partial charge in [-0.3, -0.25) is 19.2 Å². The Morgan fingerprint density at radius 1 is 0.881 bits per heavy atom. The summed E-state index contributed by atoms with van der Waals surface area (Å²) in [6.45, 7) is 1.31. The lowest BCUT2D eigenvalue weighted by atomic mass is 10.0. The molecule has 4 unspecified atom stereocenters. The van der Waals surface area contributed by atoms with E-state index in [1.807, 2.05) is 24.3 Å². The number of aromatic nitrogens is 3. The highest BCUT2D eigenvalue weighted by Crippen LogP contribution is 2.19. The smallest absolute Gasteiger partial charge is 0.325 e. The predicted molar refractivity (Wildman–Crippen MR) is 153 cm³/mol. The Kier molecular flexibility index (Phi) is 9.55. The molecule has 4 aromatic rings. The van der Waals surface area contributed by atoms with E-state index in [4.69, 9.17) is 5.73 Å². The van der Waals surface area contributed by atoms with E-state index in [0.717, 1.165) is 16.5 Å². The SMILES string of the molecule is CC(NC(=O)C(Cc1ccc(O)cc1)NC(=O)C(Cc1c[nH]c2ccccc12)NC(=O)C(N)Cc1cnc[nH]1)C(=O)O. The monoisotopic (exact) mass is 575 g/mol. The highest BCUT2D eigenvalue weighted by Gasteiger charge is 2.30. The lowest BCUT2D eigenvalue weighted by Crippen LogP contribution is -2.58. The van der Waals surface area contributed by atoms with Gasteiger partial charge in [0, 0.05) is 48.3 Å². The molecule has 13 nitrogen and oxygen atoms in total. The summed E-state index contributed by atoms with van der Waals surface area (Å²) in [7, 11) is 0. The van der Waals surface area contributed by atoms with E-state index in [2.05, 4.69) is 30.9 Å². The normalized spacial score (nSPS) is 14.0. The first-order valence-corrected chi connectivity index (χ1v) is 13.3. The van der Waals surface area contributed by atoms with E-state index in [1.165, 1.54) is 25.4 Å². The summed E-state index contributed by atoms with van der Waals surface area (Å²) in [6, 6.07) is 9.02. The number of carboxylic acid groups (broad SMARTS) is 1. The molecule has 0 spiro atoms. The Bertz CT molecular complexity index is 1530. The first-order chi connectivity index (χ1) is 20.1. The van der Waals surface area contributed by atoms with Crippen molar-refractivity contribution in [2.45, 2.75) is 50.4 Å². The number of amides is 3. The predicted octanol–water partition coefficient (Wildman–Crippen LogP) is 0.511. The summed E-state index contributed by atoms with van der Waals surface area (Å²) in [5, 5.41) is 27.6. The number of H-pyrrole nitrogens is 2. The van der Waals surface area contributed by atoms with Crippen molar-refractivity contribution < 1.29 is 29.4 Å². The minimum absolute atomic E-state index is 0.00270. The highest BCUT2D eigenvalue weighted by molar-refractivity contribution is 5.95. The molecule has 9 N–H and O–H groups in total. The number of imidazole rings is 1. The van der Waals surface area contributed by atoms with E-state index in [1.54, 1.807) is 24.5 Å². The first-order valence-electron chi connectivity index (χ1n) is 13.3. The molecule has 0 aliphatic rings. The van der Waals surface area contributed by atoms with E-state index < -0.39 is 47.9 Å². The van der Waals surface area contributed by atoms with Crippen molar-refractivity contribution in [1.82, 2.24) is 30.9 Å². The van der Waals surface area contributed by atoms with Crippen LogP contribution in [-0.4, -0.2) is 73.0 Å². The number of aromatic amines is 2. The van der Waals surface area contributed by atoms with E-state index in [-0.39, 0.29) is 25.0 Å². The molecule has 0 radical (unpaired) electrons. The maximum atomic E-state index is 13.7. The van der Waals surface area contributed by atoms with Gasteiger partial charge in [-0.25, -0.2) is 4.98 Å². The third-order valence-electron chi connectivity index (χ3n) is 6.80. The number of carbonyl (C=O) groups excluding carboxylic acids is 3. The Balaban J connectivity index is 1.58. The number of benzene rings is 2. The number of nitrogens with one attached hydrogen (secondary N) is 5. The molecule has 0 bridgehead atoms. The molecule has 13 heteroatoms. The van der Waals surface area contributed by atoms with Gasteiger partial charge in [0.25, 0.3) is 0 Å². The summed E-state index contributed by atoms with van der Waals surface area (Å²) in [6.07, 6.45) is 5.00. The van der Waals surface area contributed by atoms with Crippen LogP contribution >= 0.6 is 0 Å². The van der Waals surface area contributed by atoms with Gasteiger partial charge < -0.3 is 41.9 Å². The van der Waals surface area contributed by atoms with Crippen LogP contribution in [-0.2, 0) is 38.4 Å². The number of aromatic hydroxyl groups is 1. The molecule has 220 valence electrons. The average Bonchev–Trinajstić information content (AvgIpc) is 3.63. The van der Waals surface area contributed by atoms with E-state index >= 15 is 0 Å². The number of rotatable bonds is 13. The van der Waals surface area contributed by atoms with Crippen LogP contribution in [0.5, 0.6) is 5.75 Å². The molecule has 0 saturated heterocycles. The molecule has 3 amide bonds. The molecule has 0 aliphatic heterocycles. The van der Waals surface area contributed by atoms with Gasteiger partial charge in [-0.2, -0.15) is 0 Å². The fraction of sp³-hybridized carbons (Fsp3) is 0.276. The van der Waals surface area contributed by atoms with Crippen LogP contribution in [0.15, 0.2) is 67.3 Å². The molecule has 0 saturated carbocycles. The zero-order chi connectivity index (χ0) is 30.2. The largest absolute Gasteiger partial charge is 0.508 e. The number of nitrogens with zero attached hydrogens (tertiary/aromatic N) is 1. The third-order valence-corrected chi connectivity index (χ3v) is 6.80. The van der Waals surface area contributed by atoms with Crippen LogP contribution in [0.4, 0.5) is 0 Å². The molecule has 4 rings (SSSR count). The molecular weight excluding hydrogens is 542 g/mol. The number of para-hydroxylation sites is 1. The molecular formula is C29H33N7O6. The zero-order valence-corrected chi connectivity index (χ0v) is 22.8. The number of nitrogens with two attached hydrogens (primary N) is 1. The Labute approximate surface area is 240 Å². The summed E-state index contributed by atoms with van der Waals surface area (Å²) in [5.41, 5.74) is 8.99. The molecule has 2 heterocycles. The third kappa shape index (κ3) is 7.73. The van der Waals surface area contributed by atoms with Crippen LogP contribution in [0, 0.1) is 0 Å². The Hall–Kier alpha value is -5.17. The van der Waals surface area contributed by atoms with Gasteiger partial charge in [-0.1, -0.05) is 30.3 Å². The number of fused-ring (bicyclic) bond motifs is 1. The highest BCUT2D eigenvalue weighted by atomic mass is 16.4. The van der Waals surface area contributed by atoms with Crippen LogP contribution < -0.4 is 21.7 Å². The van der Waals surface area contributed by atoms with Gasteiger partial charge in [0.15, 0.2) is 0 Å². The zero-order valence-electron chi connectivity index (χ0n) is 22.8. The number of carbonyl (C=O) groups is 4. The van der Waals surface area contributed by atoms with Crippen molar-refractivity contribution >= 4 is 34.6 Å². The number of phenols is 1. The van der Waals surface area contributed by atoms with Crippen LogP contribution in [0.25, 0.3) is 10.9 Å². The van der Waals surface area contributed by atoms with Gasteiger partial charge in [-0.15, -0.1) is 0 Å². The standard InChI is InChI=1S/C29H33N7O6/c1-16(29(41)42)34-27(39)24(10-17-6-8-20(37)9-7-17)36-28(40)25(11-18-13-32-23-5-3-2-4-21(18)23)35-26(38)22(30)12-19-14-31-15-33-19/h2-9,13-16,22,24-25,32,37H,10-12,30H2,1H3,(H,31,33)(H,34,39)(H,35,38)(H,36,40)(H,41,42). The number of carboxylic acids is 1. The molecule has 42 heavy (non-hydrogen) atoms. The summed E-state index contributed by atoms with van der Waals surface area (Å²) in [5.74, 6) is -3.18. The quantitative estimate of drug-likeness (QED) is 0.112. The average molecular weight is 576 g/mol. The van der Waals surface area contributed by atoms with E-state index in [0.29, 0.717) is 11.3 Å². The van der Waals surface area contributed by atoms with Crippen molar-refractivity contribution in [3.05, 3.63) is 84.1 Å². The molecule has 2 aromatic carbocycles. The molecule has 4 atom stereocenters. The lowest BCUT2D eigenvalue weighted by Gasteiger charge is -2.25. The summed E-state index contributed by atoms with van der Waals surface area (Å²) in [4.78, 5) is 61.3. The van der Waals surface area contributed by atoms with Crippen LogP contribution in [0.2, 0.25) is 0 Å². The van der Waals surface area contributed by atoms with Crippen molar-refractivity contribution in [1.29, 1.82) is 0 Å². The van der Waals surface area contributed by atoms with Gasteiger partial charge in [0.1, 0.15) is 23.9 Å². The first kappa shape index (κ1) is 29.8. The summed E-state index contributed by atoms with van der Waals surface area (Å²) < 4.78 is 0. The minimum Gasteiger partial charge on any atom is -0.508 e. The van der Waals surface area contributed by atoms with Crippen molar-refractivity contribution in [2.24, 2.45) is 5.73 Å². The Morgan fingerprint density at radius 3 is 2.24 bits per heavy atom. The van der Waals surface area contributed by atoms with Gasteiger partial charge in [-0.05, 0) is 36.2 Å². The number of phenolic OH excluding ortho intramolecular Hbond substituents is 1. The maximum Gasteiger partial charge on any atom is 0.325 e. The number of aliphatic carboxylic acids is 1. The van der Waals surface area contributed by atoms with Gasteiger partial charge in [0.2, 0.25) is 17.7 Å². The maximum absolute atomic E-state index is 13.7. The molecule has 0 aliphatic carbocycles. The fourth-order valence-electron chi connectivity index (χ4n) is 4.46. The minimum atomic E-state index is -1.24. The summed E-state index contributed by atoms with van der Waals surface area (Å²) >= 11 is 0. The fourth-order valence-corrected chi connectivity index (χ4v) is 4.46. The second-order valence-electron chi connectivity index (χ2n) is 10.0.